The number of oxazole rings is 1. The number of nitrogens with one attached hydrogen (secondary N) is 1. The molecule has 1 saturated heterocycles. The number of pyridine rings is 1. The third kappa shape index (κ3) is 7.19. The van der Waals surface area contributed by atoms with Gasteiger partial charge in [-0.05, 0) is 80.3 Å². The van der Waals surface area contributed by atoms with E-state index in [-0.39, 0.29) is 11.8 Å². The normalized spacial score (nSPS) is 22.2. The summed E-state index contributed by atoms with van der Waals surface area (Å²) in [4.78, 5) is 10.5. The van der Waals surface area contributed by atoms with Crippen LogP contribution in [-0.4, -0.2) is 35.5 Å². The Bertz CT molecular complexity index is 1240. The lowest BCUT2D eigenvalue weighted by atomic mass is 9.77. The fourth-order valence-corrected chi connectivity index (χ4v) is 5.77. The molecule has 3 heterocycles. The minimum Gasteiger partial charge on any atom is -0.424 e. The van der Waals surface area contributed by atoms with Gasteiger partial charge in [0.25, 0.3) is 6.01 Å². The first-order valence-electron chi connectivity index (χ1n) is 13.4. The molecule has 3 aromatic rings. The molecule has 1 aromatic carbocycles. The van der Waals surface area contributed by atoms with E-state index in [1.807, 2.05) is 0 Å². The van der Waals surface area contributed by atoms with Crippen LogP contribution in [0.25, 0.3) is 11.3 Å². The summed E-state index contributed by atoms with van der Waals surface area (Å²) in [6.45, 7) is 1.52. The zero-order valence-corrected chi connectivity index (χ0v) is 21.6. The highest BCUT2D eigenvalue weighted by atomic mass is 19.4. The molecule has 0 unspecified atom stereocenters. The molecule has 2 aromatic heterocycles. The predicted molar refractivity (Wildman–Crippen MR) is 137 cm³/mol. The summed E-state index contributed by atoms with van der Waals surface area (Å²) in [6.07, 6.45) is 0.482. The van der Waals surface area contributed by atoms with Gasteiger partial charge in [0.1, 0.15) is 11.6 Å². The lowest BCUT2D eigenvalue weighted by Crippen LogP contribution is -2.39. The molecule has 0 bridgehead atoms. The molecule has 1 aliphatic heterocycles. The van der Waals surface area contributed by atoms with Crippen LogP contribution < -0.4 is 15.0 Å². The molecular formula is C28H30F6N4O2. The Kier molecular flexibility index (Phi) is 8.14. The number of halogens is 6. The van der Waals surface area contributed by atoms with E-state index in [1.54, 1.807) is 0 Å². The Morgan fingerprint density at radius 2 is 1.68 bits per heavy atom. The molecule has 3 atom stereocenters. The third-order valence-electron chi connectivity index (χ3n) is 7.65. The van der Waals surface area contributed by atoms with E-state index < -0.39 is 18.1 Å². The summed E-state index contributed by atoms with van der Waals surface area (Å²) in [6, 6.07) is 8.47. The Morgan fingerprint density at radius 1 is 0.900 bits per heavy atom. The fourth-order valence-electron chi connectivity index (χ4n) is 5.77. The number of ether oxygens (including phenoxy) is 1. The van der Waals surface area contributed by atoms with Crippen LogP contribution in [0.5, 0.6) is 5.75 Å². The van der Waals surface area contributed by atoms with Crippen molar-refractivity contribution < 1.29 is 35.5 Å². The molecule has 40 heavy (non-hydrogen) atoms. The van der Waals surface area contributed by atoms with E-state index in [0.717, 1.165) is 70.3 Å². The Morgan fingerprint density at radius 3 is 2.38 bits per heavy atom. The summed E-state index contributed by atoms with van der Waals surface area (Å²) in [7, 11) is 0. The molecule has 1 N–H and O–H groups in total. The molecule has 216 valence electrons. The molecule has 0 amide bonds. The van der Waals surface area contributed by atoms with Crippen molar-refractivity contribution in [3.63, 3.8) is 0 Å². The predicted octanol–water partition coefficient (Wildman–Crippen LogP) is 7.93. The smallest absolute Gasteiger partial charge is 0.424 e. The van der Waals surface area contributed by atoms with Crippen LogP contribution in [0.3, 0.4) is 0 Å². The van der Waals surface area contributed by atoms with Crippen LogP contribution >= 0.6 is 0 Å². The Hall–Kier alpha value is -3.44. The number of rotatable bonds is 7. The van der Waals surface area contributed by atoms with Crippen molar-refractivity contribution in [1.29, 1.82) is 0 Å². The van der Waals surface area contributed by atoms with E-state index in [2.05, 4.69) is 24.9 Å². The zero-order chi connectivity index (χ0) is 28.3. The first-order chi connectivity index (χ1) is 19.0. The highest BCUT2D eigenvalue weighted by Gasteiger charge is 2.33. The summed E-state index contributed by atoms with van der Waals surface area (Å²) < 4.78 is 85.8. The van der Waals surface area contributed by atoms with Gasteiger partial charge in [0, 0.05) is 30.9 Å². The number of benzene rings is 1. The molecule has 0 spiro atoms. The monoisotopic (exact) mass is 568 g/mol. The van der Waals surface area contributed by atoms with Crippen molar-refractivity contribution in [2.75, 3.05) is 23.3 Å². The highest BCUT2D eigenvalue weighted by molar-refractivity contribution is 5.58. The molecule has 1 aliphatic carbocycles. The highest BCUT2D eigenvalue weighted by Crippen LogP contribution is 2.36. The molecule has 5 rings (SSSR count). The van der Waals surface area contributed by atoms with Gasteiger partial charge in [0.2, 0.25) is 0 Å². The Labute approximate surface area is 227 Å². The average molecular weight is 569 g/mol. The number of hydrogen-bond donors (Lipinski definition) is 1. The van der Waals surface area contributed by atoms with Gasteiger partial charge in [-0.1, -0.05) is 12.8 Å². The molecule has 1 saturated carbocycles. The molecule has 2 fully saturated rings. The lowest BCUT2D eigenvalue weighted by Gasteiger charge is -2.38. The van der Waals surface area contributed by atoms with Crippen molar-refractivity contribution in [3.8, 4) is 17.1 Å². The number of alkyl halides is 6. The van der Waals surface area contributed by atoms with Gasteiger partial charge in [0.05, 0.1) is 11.8 Å². The average Bonchev–Trinajstić information content (AvgIpc) is 3.38. The van der Waals surface area contributed by atoms with Crippen LogP contribution in [0.15, 0.2) is 53.2 Å². The third-order valence-corrected chi connectivity index (χ3v) is 7.65. The summed E-state index contributed by atoms with van der Waals surface area (Å²) in [5, 5.41) is 3.43. The van der Waals surface area contributed by atoms with Gasteiger partial charge >= 0.3 is 12.5 Å². The Balaban J connectivity index is 1.19. The second kappa shape index (κ2) is 11.6. The van der Waals surface area contributed by atoms with E-state index in [1.165, 1.54) is 36.5 Å². The van der Waals surface area contributed by atoms with E-state index in [9.17, 15) is 26.3 Å². The topological polar surface area (TPSA) is 63.4 Å². The van der Waals surface area contributed by atoms with Gasteiger partial charge < -0.3 is 19.4 Å². The first kappa shape index (κ1) is 28.1. The first-order valence-corrected chi connectivity index (χ1v) is 13.4. The van der Waals surface area contributed by atoms with Crippen molar-refractivity contribution in [3.05, 3.63) is 54.4 Å². The molecule has 0 radical (unpaired) electrons. The molecule has 2 aliphatic rings. The molecular weight excluding hydrogens is 538 g/mol. The van der Waals surface area contributed by atoms with E-state index in [0.29, 0.717) is 35.0 Å². The van der Waals surface area contributed by atoms with Crippen molar-refractivity contribution in [1.82, 2.24) is 9.97 Å². The SMILES string of the molecule is FC(F)(F)Oc1ccc(-c2cnc(N[C@@H]3CCCC[C@H]3C[C@H]3CCCN(c4ccc(C(F)(F)F)cn4)C3)o2)cc1. The number of piperidine rings is 1. The van der Waals surface area contributed by atoms with Gasteiger partial charge in [-0.15, -0.1) is 13.2 Å². The van der Waals surface area contributed by atoms with E-state index >= 15 is 0 Å². The van der Waals surface area contributed by atoms with Crippen LogP contribution in [0.2, 0.25) is 0 Å². The minimum absolute atomic E-state index is 0.155. The molecule has 12 heteroatoms. The second-order valence-corrected chi connectivity index (χ2v) is 10.5. The van der Waals surface area contributed by atoms with Crippen LogP contribution in [-0.2, 0) is 6.18 Å². The van der Waals surface area contributed by atoms with Crippen molar-refractivity contribution >= 4 is 11.8 Å². The van der Waals surface area contributed by atoms with Crippen molar-refractivity contribution in [2.45, 2.75) is 63.5 Å². The number of aromatic nitrogens is 2. The summed E-state index contributed by atoms with van der Waals surface area (Å²) in [5.74, 6) is 1.47. The summed E-state index contributed by atoms with van der Waals surface area (Å²) >= 11 is 0. The maximum Gasteiger partial charge on any atom is 0.573 e. The van der Waals surface area contributed by atoms with Gasteiger partial charge in [-0.2, -0.15) is 13.2 Å². The number of hydrogen-bond acceptors (Lipinski definition) is 6. The van der Waals surface area contributed by atoms with Crippen LogP contribution in [0, 0.1) is 11.8 Å². The standard InChI is InChI=1S/C28H30F6N4O2/c29-27(30,31)21-9-12-25(35-15-21)38-13-3-4-18(17-38)14-20-5-1-2-6-23(20)37-26-36-16-24(39-26)19-7-10-22(11-8-19)40-28(32,33)34/h7-12,15-16,18,20,23H,1-6,13-14,17H2,(H,36,37)/t18-,20+,23-/m1/s1. The number of anilines is 2. The maximum absolute atomic E-state index is 12.9. The van der Waals surface area contributed by atoms with Crippen LogP contribution in [0.4, 0.5) is 38.2 Å². The van der Waals surface area contributed by atoms with Crippen molar-refractivity contribution in [2.24, 2.45) is 11.8 Å². The zero-order valence-electron chi connectivity index (χ0n) is 21.6. The lowest BCUT2D eigenvalue weighted by molar-refractivity contribution is -0.274. The fraction of sp³-hybridized carbons (Fsp3) is 0.500. The van der Waals surface area contributed by atoms with Gasteiger partial charge in [-0.3, -0.25) is 0 Å². The quantitative estimate of drug-likeness (QED) is 0.292. The van der Waals surface area contributed by atoms with E-state index in [4.69, 9.17) is 4.42 Å². The van der Waals surface area contributed by atoms with Crippen LogP contribution in [0.1, 0.15) is 50.5 Å². The maximum atomic E-state index is 12.9. The van der Waals surface area contributed by atoms with Gasteiger partial charge in [-0.25, -0.2) is 9.97 Å². The second-order valence-electron chi connectivity index (χ2n) is 10.5. The largest absolute Gasteiger partial charge is 0.573 e. The minimum atomic E-state index is -4.75. The molecule has 6 nitrogen and oxygen atoms in total. The number of nitrogens with zero attached hydrogens (tertiary/aromatic N) is 3. The van der Waals surface area contributed by atoms with Gasteiger partial charge in [0.15, 0.2) is 5.76 Å². The summed E-state index contributed by atoms with van der Waals surface area (Å²) in [5.41, 5.74) is -0.169.